The second kappa shape index (κ2) is 7.41. The van der Waals surface area contributed by atoms with Crippen LogP contribution in [0.15, 0.2) is 22.7 Å². The van der Waals surface area contributed by atoms with Gasteiger partial charge in [-0.1, -0.05) is 41.1 Å². The molecule has 106 valence electrons. The number of benzene rings is 1. The molecule has 3 heteroatoms. The Kier molecular flexibility index (Phi) is 5.86. The highest BCUT2D eigenvalue weighted by molar-refractivity contribution is 9.10. The topological polar surface area (TPSA) is 21.3 Å². The Balaban J connectivity index is 2.22. The van der Waals surface area contributed by atoms with Crippen LogP contribution in [0, 0.1) is 12.8 Å². The second-order valence-corrected chi connectivity index (χ2v) is 6.15. The highest BCUT2D eigenvalue weighted by Gasteiger charge is 2.26. The van der Waals surface area contributed by atoms with Crippen LogP contribution in [0.2, 0.25) is 0 Å². The summed E-state index contributed by atoms with van der Waals surface area (Å²) in [7, 11) is 0. The van der Waals surface area contributed by atoms with E-state index in [1.54, 1.807) is 0 Å². The van der Waals surface area contributed by atoms with Crippen molar-refractivity contribution in [1.82, 2.24) is 5.32 Å². The molecule has 19 heavy (non-hydrogen) atoms. The van der Waals surface area contributed by atoms with Crippen molar-refractivity contribution in [2.75, 3.05) is 19.8 Å². The molecule has 1 aliphatic heterocycles. The smallest absolute Gasteiger partial charge is 0.0469 e. The lowest BCUT2D eigenvalue weighted by Gasteiger charge is -2.32. The molecular weight excluding hydrogens is 302 g/mol. The number of ether oxygens (including phenoxy) is 1. The molecule has 1 heterocycles. The van der Waals surface area contributed by atoms with E-state index >= 15 is 0 Å². The third kappa shape index (κ3) is 3.80. The minimum absolute atomic E-state index is 0.443. The fourth-order valence-corrected chi connectivity index (χ4v) is 3.30. The van der Waals surface area contributed by atoms with Crippen LogP contribution in [0.4, 0.5) is 0 Å². The predicted molar refractivity (Wildman–Crippen MR) is 83.5 cm³/mol. The molecule has 1 unspecified atom stereocenters. The van der Waals surface area contributed by atoms with E-state index in [9.17, 15) is 0 Å². The van der Waals surface area contributed by atoms with Gasteiger partial charge in [0.05, 0.1) is 0 Å². The summed E-state index contributed by atoms with van der Waals surface area (Å²) in [5, 5.41) is 3.74. The number of hydrogen-bond donors (Lipinski definition) is 1. The van der Waals surface area contributed by atoms with Gasteiger partial charge < -0.3 is 10.1 Å². The molecule has 0 bridgehead atoms. The summed E-state index contributed by atoms with van der Waals surface area (Å²) < 4.78 is 6.76. The molecule has 1 aromatic rings. The summed E-state index contributed by atoms with van der Waals surface area (Å²) in [5.41, 5.74) is 2.72. The molecule has 0 saturated carbocycles. The van der Waals surface area contributed by atoms with Crippen LogP contribution in [0.5, 0.6) is 0 Å². The van der Waals surface area contributed by atoms with E-state index < -0.39 is 0 Å². The second-order valence-electron chi connectivity index (χ2n) is 5.36. The zero-order valence-electron chi connectivity index (χ0n) is 11.9. The van der Waals surface area contributed by atoms with E-state index in [1.807, 2.05) is 0 Å². The first-order chi connectivity index (χ1) is 9.24. The fraction of sp³-hybridized carbons (Fsp3) is 0.625. The van der Waals surface area contributed by atoms with Gasteiger partial charge in [0.1, 0.15) is 0 Å². The van der Waals surface area contributed by atoms with E-state index in [2.05, 4.69) is 53.3 Å². The van der Waals surface area contributed by atoms with Crippen molar-refractivity contribution >= 4 is 15.9 Å². The highest BCUT2D eigenvalue weighted by atomic mass is 79.9. The summed E-state index contributed by atoms with van der Waals surface area (Å²) in [5.74, 6) is 0.679. The molecule has 0 radical (unpaired) electrons. The Morgan fingerprint density at radius 2 is 2.11 bits per heavy atom. The van der Waals surface area contributed by atoms with Gasteiger partial charge in [0, 0.05) is 23.7 Å². The van der Waals surface area contributed by atoms with Gasteiger partial charge >= 0.3 is 0 Å². The quantitative estimate of drug-likeness (QED) is 0.874. The summed E-state index contributed by atoms with van der Waals surface area (Å²) in [4.78, 5) is 0. The standard InChI is InChI=1S/C16H24BrNO/c1-3-9-18-16(13-7-10-19-11-8-13)14-6-4-5-12(2)15(14)17/h4-6,13,16,18H,3,7-11H2,1-2H3. The first-order valence-corrected chi connectivity index (χ1v) is 8.09. The average Bonchev–Trinajstić information content (AvgIpc) is 2.45. The number of rotatable bonds is 5. The summed E-state index contributed by atoms with van der Waals surface area (Å²) >= 11 is 3.77. The zero-order chi connectivity index (χ0) is 13.7. The molecule has 2 nitrogen and oxygen atoms in total. The maximum absolute atomic E-state index is 5.50. The Morgan fingerprint density at radius 3 is 2.79 bits per heavy atom. The molecule has 1 aliphatic rings. The molecule has 1 saturated heterocycles. The zero-order valence-corrected chi connectivity index (χ0v) is 13.5. The Morgan fingerprint density at radius 1 is 1.37 bits per heavy atom. The van der Waals surface area contributed by atoms with Gasteiger partial charge in [-0.25, -0.2) is 0 Å². The van der Waals surface area contributed by atoms with Crippen molar-refractivity contribution in [3.63, 3.8) is 0 Å². The van der Waals surface area contributed by atoms with Gasteiger partial charge in [-0.3, -0.25) is 0 Å². The molecule has 1 N–H and O–H groups in total. The largest absolute Gasteiger partial charge is 0.381 e. The maximum Gasteiger partial charge on any atom is 0.0469 e. The molecule has 0 aromatic heterocycles. The monoisotopic (exact) mass is 325 g/mol. The minimum atomic E-state index is 0.443. The fourth-order valence-electron chi connectivity index (χ4n) is 2.79. The van der Waals surface area contributed by atoms with Gasteiger partial charge in [0.25, 0.3) is 0 Å². The van der Waals surface area contributed by atoms with Crippen molar-refractivity contribution < 1.29 is 4.74 Å². The lowest BCUT2D eigenvalue weighted by Crippen LogP contribution is -2.33. The Hall–Kier alpha value is -0.380. The maximum atomic E-state index is 5.50. The summed E-state index contributed by atoms with van der Waals surface area (Å²) in [6.07, 6.45) is 3.48. The van der Waals surface area contributed by atoms with Crippen molar-refractivity contribution in [2.45, 2.75) is 39.2 Å². The molecule has 1 aromatic carbocycles. The van der Waals surface area contributed by atoms with Gasteiger partial charge in [0.15, 0.2) is 0 Å². The number of hydrogen-bond acceptors (Lipinski definition) is 2. The first-order valence-electron chi connectivity index (χ1n) is 7.30. The molecule has 0 amide bonds. The van der Waals surface area contributed by atoms with E-state index in [0.29, 0.717) is 12.0 Å². The summed E-state index contributed by atoms with van der Waals surface area (Å²) in [6.45, 7) is 7.26. The van der Waals surface area contributed by atoms with Gasteiger partial charge in [0.2, 0.25) is 0 Å². The third-order valence-corrected chi connectivity index (χ3v) is 4.99. The molecule has 1 atom stereocenters. The van der Waals surface area contributed by atoms with Crippen LogP contribution < -0.4 is 5.32 Å². The predicted octanol–water partition coefficient (Wildman–Crippen LogP) is 4.22. The first kappa shape index (κ1) is 15.0. The van der Waals surface area contributed by atoms with Gasteiger partial charge in [-0.2, -0.15) is 0 Å². The van der Waals surface area contributed by atoms with Gasteiger partial charge in [-0.15, -0.1) is 0 Å². The van der Waals surface area contributed by atoms with E-state index in [4.69, 9.17) is 4.74 Å². The van der Waals surface area contributed by atoms with Crippen LogP contribution >= 0.6 is 15.9 Å². The van der Waals surface area contributed by atoms with Crippen LogP contribution in [0.25, 0.3) is 0 Å². The lowest BCUT2D eigenvalue weighted by molar-refractivity contribution is 0.0535. The van der Waals surface area contributed by atoms with Crippen molar-refractivity contribution in [1.29, 1.82) is 0 Å². The minimum Gasteiger partial charge on any atom is -0.381 e. The number of nitrogens with one attached hydrogen (secondary N) is 1. The van der Waals surface area contributed by atoms with Crippen LogP contribution in [0.3, 0.4) is 0 Å². The SMILES string of the molecule is CCCNC(c1cccc(C)c1Br)C1CCOCC1. The Bertz CT molecular complexity index is 402. The third-order valence-electron chi connectivity index (χ3n) is 3.91. The molecule has 0 aliphatic carbocycles. The van der Waals surface area contributed by atoms with Crippen LogP contribution in [0.1, 0.15) is 43.4 Å². The van der Waals surface area contributed by atoms with Gasteiger partial charge in [-0.05, 0) is 49.8 Å². The number of aryl methyl sites for hydroxylation is 1. The molecule has 0 spiro atoms. The molecule has 2 rings (SSSR count). The molecular formula is C16H24BrNO. The normalized spacial score (nSPS) is 18.5. The van der Waals surface area contributed by atoms with E-state index in [0.717, 1.165) is 32.6 Å². The summed E-state index contributed by atoms with van der Waals surface area (Å²) in [6, 6.07) is 7.02. The number of halogens is 1. The Labute approximate surface area is 125 Å². The van der Waals surface area contributed by atoms with E-state index in [-0.39, 0.29) is 0 Å². The highest BCUT2D eigenvalue weighted by Crippen LogP contribution is 2.35. The average molecular weight is 326 g/mol. The van der Waals surface area contributed by atoms with Crippen LogP contribution in [-0.2, 0) is 4.74 Å². The van der Waals surface area contributed by atoms with Crippen molar-refractivity contribution in [3.8, 4) is 0 Å². The van der Waals surface area contributed by atoms with Crippen molar-refractivity contribution in [3.05, 3.63) is 33.8 Å². The van der Waals surface area contributed by atoms with E-state index in [1.165, 1.54) is 22.0 Å². The molecule has 1 fully saturated rings. The van der Waals surface area contributed by atoms with Crippen molar-refractivity contribution in [2.24, 2.45) is 5.92 Å². The van der Waals surface area contributed by atoms with Crippen LogP contribution in [-0.4, -0.2) is 19.8 Å². The lowest BCUT2D eigenvalue weighted by atomic mass is 9.86.